The van der Waals surface area contributed by atoms with Gasteiger partial charge in [0.25, 0.3) is 0 Å². The van der Waals surface area contributed by atoms with Gasteiger partial charge < -0.3 is 15.0 Å². The van der Waals surface area contributed by atoms with E-state index in [2.05, 4.69) is 28.4 Å². The molecular weight excluding hydrogens is 268 g/mol. The Labute approximate surface area is 126 Å². The molecule has 0 spiro atoms. The van der Waals surface area contributed by atoms with Crippen LogP contribution in [0.15, 0.2) is 24.3 Å². The van der Waals surface area contributed by atoms with Gasteiger partial charge in [-0.1, -0.05) is 12.1 Å². The van der Waals surface area contributed by atoms with Crippen LogP contribution in [0, 0.1) is 0 Å². The normalized spacial score (nSPS) is 21.9. The molecule has 1 heterocycles. The second-order valence-electron chi connectivity index (χ2n) is 5.77. The molecule has 1 aliphatic heterocycles. The summed E-state index contributed by atoms with van der Waals surface area (Å²) in [5.41, 5.74) is 1.33. The molecule has 1 saturated heterocycles. The number of thiocarbonyl (C=S) groups is 1. The molecule has 3 nitrogen and oxygen atoms in total. The van der Waals surface area contributed by atoms with Gasteiger partial charge in [0.1, 0.15) is 5.75 Å². The lowest BCUT2D eigenvalue weighted by Gasteiger charge is -2.28. The third kappa shape index (κ3) is 3.23. The molecule has 1 saturated carbocycles. The van der Waals surface area contributed by atoms with E-state index in [0.717, 1.165) is 23.8 Å². The number of likely N-dealkylation sites (tertiary alicyclic amines) is 1. The lowest BCUT2D eigenvalue weighted by molar-refractivity contribution is 0.379. The van der Waals surface area contributed by atoms with E-state index in [1.54, 1.807) is 7.11 Å². The Bertz CT molecular complexity index is 487. The third-order valence-corrected chi connectivity index (χ3v) is 4.50. The quantitative estimate of drug-likeness (QED) is 0.862. The van der Waals surface area contributed by atoms with Crippen molar-refractivity contribution >= 4 is 17.3 Å². The van der Waals surface area contributed by atoms with E-state index in [1.165, 1.54) is 31.2 Å². The van der Waals surface area contributed by atoms with Crippen LogP contribution in [-0.2, 0) is 6.42 Å². The number of nitrogens with one attached hydrogen (secondary N) is 1. The summed E-state index contributed by atoms with van der Waals surface area (Å²) in [6.45, 7) is 1.09. The number of rotatable bonds is 4. The van der Waals surface area contributed by atoms with Gasteiger partial charge in [0.15, 0.2) is 5.11 Å². The van der Waals surface area contributed by atoms with Crippen molar-refractivity contribution in [3.63, 3.8) is 0 Å². The lowest BCUT2D eigenvalue weighted by Crippen LogP contribution is -2.44. The number of hydrogen-bond donors (Lipinski definition) is 1. The summed E-state index contributed by atoms with van der Waals surface area (Å²) in [5, 5.41) is 4.42. The Kier molecular flexibility index (Phi) is 4.10. The molecule has 2 aliphatic rings. The molecule has 0 unspecified atom stereocenters. The summed E-state index contributed by atoms with van der Waals surface area (Å²) in [5.74, 6) is 0.936. The predicted octanol–water partition coefficient (Wildman–Crippen LogP) is 2.74. The summed E-state index contributed by atoms with van der Waals surface area (Å²) < 4.78 is 5.30. The summed E-state index contributed by atoms with van der Waals surface area (Å²) in [6, 6.07) is 9.54. The first-order valence-electron chi connectivity index (χ1n) is 7.46. The molecule has 2 fully saturated rings. The smallest absolute Gasteiger partial charge is 0.169 e. The van der Waals surface area contributed by atoms with Crippen LogP contribution in [0.4, 0.5) is 0 Å². The molecule has 1 aromatic rings. The molecule has 1 aliphatic carbocycles. The first-order valence-corrected chi connectivity index (χ1v) is 7.87. The second kappa shape index (κ2) is 6.00. The van der Waals surface area contributed by atoms with Crippen molar-refractivity contribution < 1.29 is 4.74 Å². The summed E-state index contributed by atoms with van der Waals surface area (Å²) in [7, 11) is 1.72. The number of benzene rings is 1. The zero-order chi connectivity index (χ0) is 13.9. The lowest BCUT2D eigenvalue weighted by atomic mass is 10.0. The summed E-state index contributed by atoms with van der Waals surface area (Å²) >= 11 is 5.56. The first kappa shape index (κ1) is 13.7. The Balaban J connectivity index is 1.63. The van der Waals surface area contributed by atoms with Gasteiger partial charge in [0.2, 0.25) is 0 Å². The zero-order valence-electron chi connectivity index (χ0n) is 12.0. The van der Waals surface area contributed by atoms with Crippen LogP contribution in [0.1, 0.15) is 31.2 Å². The van der Waals surface area contributed by atoms with Gasteiger partial charge in [0, 0.05) is 18.6 Å². The van der Waals surface area contributed by atoms with E-state index < -0.39 is 0 Å². The third-order valence-electron chi connectivity index (χ3n) is 4.15. The van der Waals surface area contributed by atoms with E-state index in [1.807, 2.05) is 6.07 Å². The van der Waals surface area contributed by atoms with Crippen molar-refractivity contribution in [1.29, 1.82) is 0 Å². The topological polar surface area (TPSA) is 24.5 Å². The molecule has 0 amide bonds. The monoisotopic (exact) mass is 290 g/mol. The zero-order valence-corrected chi connectivity index (χ0v) is 12.8. The van der Waals surface area contributed by atoms with E-state index in [9.17, 15) is 0 Å². The number of nitrogens with zero attached hydrogens (tertiary/aromatic N) is 1. The fourth-order valence-electron chi connectivity index (χ4n) is 2.87. The van der Waals surface area contributed by atoms with E-state index in [4.69, 9.17) is 17.0 Å². The molecule has 1 atom stereocenters. The van der Waals surface area contributed by atoms with E-state index >= 15 is 0 Å². The van der Waals surface area contributed by atoms with Crippen molar-refractivity contribution in [2.45, 2.75) is 44.2 Å². The van der Waals surface area contributed by atoms with Gasteiger partial charge in [-0.05, 0) is 62.0 Å². The fourth-order valence-corrected chi connectivity index (χ4v) is 3.28. The van der Waals surface area contributed by atoms with Crippen molar-refractivity contribution in [1.82, 2.24) is 10.2 Å². The van der Waals surface area contributed by atoms with Crippen LogP contribution < -0.4 is 10.1 Å². The van der Waals surface area contributed by atoms with Gasteiger partial charge in [0.05, 0.1) is 7.11 Å². The molecule has 20 heavy (non-hydrogen) atoms. The fraction of sp³-hybridized carbons (Fsp3) is 0.562. The molecule has 0 bridgehead atoms. The van der Waals surface area contributed by atoms with Crippen molar-refractivity contribution in [3.05, 3.63) is 29.8 Å². The molecule has 0 radical (unpaired) electrons. The summed E-state index contributed by atoms with van der Waals surface area (Å²) in [6.07, 6.45) is 6.05. The van der Waals surface area contributed by atoms with Gasteiger partial charge in [-0.3, -0.25) is 0 Å². The van der Waals surface area contributed by atoms with Crippen LogP contribution in [0.25, 0.3) is 0 Å². The summed E-state index contributed by atoms with van der Waals surface area (Å²) in [4.78, 5) is 2.38. The highest BCUT2D eigenvalue weighted by Gasteiger charge is 2.30. The van der Waals surface area contributed by atoms with Crippen LogP contribution in [-0.4, -0.2) is 35.8 Å². The average Bonchev–Trinajstić information content (AvgIpc) is 3.15. The molecule has 4 heteroatoms. The van der Waals surface area contributed by atoms with Gasteiger partial charge in [-0.2, -0.15) is 0 Å². The number of hydrogen-bond acceptors (Lipinski definition) is 2. The van der Waals surface area contributed by atoms with Crippen LogP contribution in [0.3, 0.4) is 0 Å². The Morgan fingerprint density at radius 2 is 2.25 bits per heavy atom. The van der Waals surface area contributed by atoms with E-state index in [0.29, 0.717) is 12.1 Å². The standard InChI is InChI=1S/C16H22N2OS/c1-19-15-6-2-4-12(11-15)10-14-5-3-9-18(14)16(20)17-13-7-8-13/h2,4,6,11,13-14H,3,5,7-10H2,1H3,(H,17,20)/t14-/m1/s1. The Morgan fingerprint density at radius 3 is 3.00 bits per heavy atom. The highest BCUT2D eigenvalue weighted by atomic mass is 32.1. The Morgan fingerprint density at radius 1 is 1.40 bits per heavy atom. The van der Waals surface area contributed by atoms with Crippen LogP contribution in [0.5, 0.6) is 5.75 Å². The second-order valence-corrected chi connectivity index (χ2v) is 6.16. The molecule has 0 aromatic heterocycles. The minimum absolute atomic E-state index is 0.529. The minimum Gasteiger partial charge on any atom is -0.497 e. The maximum atomic E-state index is 5.56. The molecule has 3 rings (SSSR count). The average molecular weight is 290 g/mol. The number of ether oxygens (including phenoxy) is 1. The van der Waals surface area contributed by atoms with E-state index in [-0.39, 0.29) is 0 Å². The Hall–Kier alpha value is -1.29. The molecule has 1 aromatic carbocycles. The molecule has 108 valence electrons. The molecule has 1 N–H and O–H groups in total. The van der Waals surface area contributed by atoms with Gasteiger partial charge >= 0.3 is 0 Å². The maximum Gasteiger partial charge on any atom is 0.169 e. The SMILES string of the molecule is COc1cccc(C[C@H]2CCCN2C(=S)NC2CC2)c1. The highest BCUT2D eigenvalue weighted by molar-refractivity contribution is 7.80. The van der Waals surface area contributed by atoms with Crippen molar-refractivity contribution in [2.75, 3.05) is 13.7 Å². The van der Waals surface area contributed by atoms with Crippen molar-refractivity contribution in [2.24, 2.45) is 0 Å². The highest BCUT2D eigenvalue weighted by Crippen LogP contribution is 2.25. The molecular formula is C16H22N2OS. The van der Waals surface area contributed by atoms with Crippen LogP contribution >= 0.6 is 12.2 Å². The largest absolute Gasteiger partial charge is 0.497 e. The maximum absolute atomic E-state index is 5.56. The minimum atomic E-state index is 0.529. The van der Waals surface area contributed by atoms with Crippen molar-refractivity contribution in [3.8, 4) is 5.75 Å². The van der Waals surface area contributed by atoms with Gasteiger partial charge in [-0.25, -0.2) is 0 Å². The number of methoxy groups -OCH3 is 1. The van der Waals surface area contributed by atoms with Gasteiger partial charge in [-0.15, -0.1) is 0 Å². The predicted molar refractivity (Wildman–Crippen MR) is 85.2 cm³/mol. The van der Waals surface area contributed by atoms with Crippen LogP contribution in [0.2, 0.25) is 0 Å². The first-order chi connectivity index (χ1) is 9.76.